The highest BCUT2D eigenvalue weighted by Gasteiger charge is 2.06. The number of benzene rings is 2. The molecule has 0 radical (unpaired) electrons. The molecule has 2 rings (SSSR count). The molecule has 19 heavy (non-hydrogen) atoms. The van der Waals surface area contributed by atoms with Crippen molar-refractivity contribution in [2.24, 2.45) is 0 Å². The van der Waals surface area contributed by atoms with Gasteiger partial charge in [-0.3, -0.25) is 0 Å². The Hall–Kier alpha value is -1.65. The first-order valence-corrected chi connectivity index (χ1v) is 7.07. The van der Waals surface area contributed by atoms with Gasteiger partial charge in [-0.1, -0.05) is 18.2 Å². The number of ether oxygens (including phenoxy) is 1. The Balaban J connectivity index is 1.72. The number of rotatable bonds is 6. The van der Waals surface area contributed by atoms with Crippen LogP contribution in [-0.4, -0.2) is 23.6 Å². The first-order valence-electron chi connectivity index (χ1n) is 6.08. The van der Waals surface area contributed by atoms with E-state index in [-0.39, 0.29) is 0 Å². The fraction of sp³-hybridized carbons (Fsp3) is 0.200. The summed E-state index contributed by atoms with van der Waals surface area (Å²) >= 11 is 1.59. The van der Waals surface area contributed by atoms with Crippen molar-refractivity contribution in [1.82, 2.24) is 0 Å². The van der Waals surface area contributed by atoms with Gasteiger partial charge in [0.15, 0.2) is 0 Å². The smallest absolute Gasteiger partial charge is 0.119 e. The van der Waals surface area contributed by atoms with Gasteiger partial charge in [0.1, 0.15) is 12.4 Å². The van der Waals surface area contributed by atoms with E-state index in [1.807, 2.05) is 54.6 Å². The molecule has 0 bridgehead atoms. The lowest BCUT2D eigenvalue weighted by Gasteiger charge is -2.12. The van der Waals surface area contributed by atoms with Crippen molar-refractivity contribution >= 4 is 17.4 Å². The zero-order valence-electron chi connectivity index (χ0n) is 10.5. The summed E-state index contributed by atoms with van der Waals surface area (Å²) in [5, 5.41) is 9.86. The predicted molar refractivity (Wildman–Crippen MR) is 79.5 cm³/mol. The molecule has 1 atom stereocenters. The Bertz CT molecular complexity index is 487. The largest absolute Gasteiger partial charge is 0.491 e. The molecule has 0 aliphatic heterocycles. The number of anilines is 1. The van der Waals surface area contributed by atoms with Crippen molar-refractivity contribution < 1.29 is 9.84 Å². The lowest BCUT2D eigenvalue weighted by molar-refractivity contribution is 0.126. The summed E-state index contributed by atoms with van der Waals surface area (Å²) in [5.74, 6) is 1.37. The fourth-order valence-corrected chi connectivity index (χ4v) is 2.32. The van der Waals surface area contributed by atoms with Gasteiger partial charge < -0.3 is 15.6 Å². The van der Waals surface area contributed by atoms with E-state index in [4.69, 9.17) is 10.5 Å². The topological polar surface area (TPSA) is 55.5 Å². The average Bonchev–Trinajstić information content (AvgIpc) is 2.45. The van der Waals surface area contributed by atoms with Gasteiger partial charge >= 0.3 is 0 Å². The van der Waals surface area contributed by atoms with E-state index in [1.165, 1.54) is 0 Å². The van der Waals surface area contributed by atoms with Crippen LogP contribution in [0, 0.1) is 0 Å². The van der Waals surface area contributed by atoms with Gasteiger partial charge in [-0.05, 0) is 36.4 Å². The van der Waals surface area contributed by atoms with Crippen LogP contribution in [0.2, 0.25) is 0 Å². The first kappa shape index (κ1) is 13.8. The maximum atomic E-state index is 9.86. The van der Waals surface area contributed by atoms with Gasteiger partial charge in [0.25, 0.3) is 0 Å². The summed E-state index contributed by atoms with van der Waals surface area (Å²) in [5.41, 5.74) is 6.36. The zero-order valence-corrected chi connectivity index (χ0v) is 11.3. The molecule has 2 aromatic rings. The van der Waals surface area contributed by atoms with Gasteiger partial charge in [-0.2, -0.15) is 0 Å². The van der Waals surface area contributed by atoms with Crippen LogP contribution >= 0.6 is 11.8 Å². The lowest BCUT2D eigenvalue weighted by Crippen LogP contribution is -2.19. The third-order valence-corrected chi connectivity index (χ3v) is 3.67. The molecule has 0 amide bonds. The molecule has 3 nitrogen and oxygen atoms in total. The van der Waals surface area contributed by atoms with E-state index in [0.717, 1.165) is 16.3 Å². The zero-order chi connectivity index (χ0) is 13.5. The van der Waals surface area contributed by atoms with Crippen LogP contribution in [0.4, 0.5) is 5.69 Å². The molecular formula is C15H17NO2S. The number of hydrogen-bond acceptors (Lipinski definition) is 4. The fourth-order valence-electron chi connectivity index (χ4n) is 1.51. The maximum absolute atomic E-state index is 9.86. The minimum absolute atomic E-state index is 0.298. The van der Waals surface area contributed by atoms with Crippen LogP contribution in [0.25, 0.3) is 0 Å². The summed E-state index contributed by atoms with van der Waals surface area (Å²) in [6.07, 6.45) is -0.497. The molecule has 0 fully saturated rings. The maximum Gasteiger partial charge on any atom is 0.119 e. The van der Waals surface area contributed by atoms with Gasteiger partial charge in [0.2, 0.25) is 0 Å². The second-order valence-corrected chi connectivity index (χ2v) is 5.25. The number of thioether (sulfide) groups is 1. The molecule has 0 aliphatic rings. The van der Waals surface area contributed by atoms with E-state index < -0.39 is 6.10 Å². The van der Waals surface area contributed by atoms with Crippen LogP contribution in [0.5, 0.6) is 5.75 Å². The molecular weight excluding hydrogens is 258 g/mol. The van der Waals surface area contributed by atoms with Crippen molar-refractivity contribution in [3.8, 4) is 5.75 Å². The monoisotopic (exact) mass is 275 g/mol. The van der Waals surface area contributed by atoms with Crippen molar-refractivity contribution in [2.75, 3.05) is 18.1 Å². The summed E-state index contributed by atoms with van der Waals surface area (Å²) in [4.78, 5) is 1.09. The highest BCUT2D eigenvalue weighted by Crippen LogP contribution is 2.20. The predicted octanol–water partition coefficient (Wildman–Crippen LogP) is 2.80. The Kier molecular flexibility index (Phi) is 5.12. The SMILES string of the molecule is Nc1ccc(SCC(O)COc2ccccc2)cc1. The molecule has 1 unspecified atom stereocenters. The molecule has 0 saturated heterocycles. The third-order valence-electron chi connectivity index (χ3n) is 2.51. The minimum Gasteiger partial charge on any atom is -0.491 e. The highest BCUT2D eigenvalue weighted by molar-refractivity contribution is 7.99. The molecule has 4 heteroatoms. The van der Waals surface area contributed by atoms with Crippen molar-refractivity contribution in [3.63, 3.8) is 0 Å². The van der Waals surface area contributed by atoms with E-state index in [9.17, 15) is 5.11 Å². The first-order chi connectivity index (χ1) is 9.24. The standard InChI is InChI=1S/C15H17NO2S/c16-12-6-8-15(9-7-12)19-11-13(17)10-18-14-4-2-1-3-5-14/h1-9,13,17H,10-11,16H2. The van der Waals surface area contributed by atoms with Gasteiger partial charge in [-0.25, -0.2) is 0 Å². The number of nitrogen functional groups attached to an aromatic ring is 1. The molecule has 0 saturated carbocycles. The van der Waals surface area contributed by atoms with Crippen LogP contribution in [-0.2, 0) is 0 Å². The molecule has 0 aromatic heterocycles. The second kappa shape index (κ2) is 7.07. The Morgan fingerprint density at radius 1 is 1.05 bits per heavy atom. The van der Waals surface area contributed by atoms with E-state index in [2.05, 4.69) is 0 Å². The lowest BCUT2D eigenvalue weighted by atomic mass is 10.3. The van der Waals surface area contributed by atoms with Gasteiger partial charge in [0.05, 0.1) is 6.10 Å². The van der Waals surface area contributed by atoms with Crippen LogP contribution in [0.15, 0.2) is 59.5 Å². The molecule has 0 aliphatic carbocycles. The van der Waals surface area contributed by atoms with Crippen LogP contribution < -0.4 is 10.5 Å². The molecule has 100 valence electrons. The molecule has 0 heterocycles. The molecule has 2 aromatic carbocycles. The second-order valence-electron chi connectivity index (χ2n) is 4.16. The van der Waals surface area contributed by atoms with Crippen molar-refractivity contribution in [3.05, 3.63) is 54.6 Å². The third kappa shape index (κ3) is 4.85. The van der Waals surface area contributed by atoms with Crippen molar-refractivity contribution in [2.45, 2.75) is 11.0 Å². The van der Waals surface area contributed by atoms with Crippen LogP contribution in [0.3, 0.4) is 0 Å². The summed E-state index contributed by atoms with van der Waals surface area (Å²) in [7, 11) is 0. The van der Waals surface area contributed by atoms with Gasteiger partial charge in [0, 0.05) is 16.3 Å². The minimum atomic E-state index is -0.497. The van der Waals surface area contributed by atoms with Crippen molar-refractivity contribution in [1.29, 1.82) is 0 Å². The highest BCUT2D eigenvalue weighted by atomic mass is 32.2. The number of aliphatic hydroxyl groups excluding tert-OH is 1. The normalized spacial score (nSPS) is 12.1. The number of nitrogens with two attached hydrogens (primary N) is 1. The van der Waals surface area contributed by atoms with Crippen LogP contribution in [0.1, 0.15) is 0 Å². The number of hydrogen-bond donors (Lipinski definition) is 2. The summed E-state index contributed by atoms with van der Waals surface area (Å²) in [6, 6.07) is 17.1. The Morgan fingerprint density at radius 3 is 2.42 bits per heavy atom. The summed E-state index contributed by atoms with van der Waals surface area (Å²) < 4.78 is 5.49. The van der Waals surface area contributed by atoms with E-state index in [1.54, 1.807) is 11.8 Å². The summed E-state index contributed by atoms with van der Waals surface area (Å²) in [6.45, 7) is 0.298. The number of aliphatic hydroxyl groups is 1. The molecule has 3 N–H and O–H groups in total. The molecule has 0 spiro atoms. The van der Waals surface area contributed by atoms with Gasteiger partial charge in [-0.15, -0.1) is 11.8 Å². The van der Waals surface area contributed by atoms with E-state index >= 15 is 0 Å². The number of para-hydroxylation sites is 1. The Morgan fingerprint density at radius 2 is 1.74 bits per heavy atom. The van der Waals surface area contributed by atoms with E-state index in [0.29, 0.717) is 12.4 Å². The Labute approximate surface area is 117 Å². The quantitative estimate of drug-likeness (QED) is 0.629. The average molecular weight is 275 g/mol.